The first-order chi connectivity index (χ1) is 25.7. The number of aromatic amines is 2. The van der Waals surface area contributed by atoms with E-state index in [9.17, 15) is 20.1 Å². The monoisotopic (exact) mass is 712 g/mol. The van der Waals surface area contributed by atoms with Crippen molar-refractivity contribution in [2.24, 2.45) is 0 Å². The van der Waals surface area contributed by atoms with E-state index in [1.54, 1.807) is 77.9 Å². The van der Waals surface area contributed by atoms with Crippen molar-refractivity contribution in [3.05, 3.63) is 119 Å². The Bertz CT molecular complexity index is 2490. The maximum atomic E-state index is 14.0. The van der Waals surface area contributed by atoms with E-state index >= 15 is 0 Å². The molecule has 2 N–H and O–H groups in total. The summed E-state index contributed by atoms with van der Waals surface area (Å²) in [5.74, 6) is -1.43. The lowest BCUT2D eigenvalue weighted by Gasteiger charge is -2.22. The molecule has 0 spiro atoms. The molecule has 5 aromatic rings. The Morgan fingerprint density at radius 1 is 0.574 bits per heavy atom. The van der Waals surface area contributed by atoms with Crippen molar-refractivity contribution >= 4 is 57.3 Å². The molecule has 10 heteroatoms. The molecule has 2 aromatic carbocycles. The highest BCUT2D eigenvalue weighted by molar-refractivity contribution is 6.38. The molecule has 0 atom stereocenters. The summed E-state index contributed by atoms with van der Waals surface area (Å²) in [6.07, 6.45) is 3.90. The summed E-state index contributed by atoms with van der Waals surface area (Å²) in [6.45, 7) is 10.6. The van der Waals surface area contributed by atoms with Crippen LogP contribution in [0.5, 0.6) is 0 Å². The van der Waals surface area contributed by atoms with Crippen LogP contribution in [0.2, 0.25) is 0 Å². The first-order valence-corrected chi connectivity index (χ1v) is 17.3. The van der Waals surface area contributed by atoms with Gasteiger partial charge in [0, 0.05) is 33.2 Å². The molecule has 3 aromatic heterocycles. The summed E-state index contributed by atoms with van der Waals surface area (Å²) in [6, 6.07) is 29.8. The number of fused-ring (bicyclic) bond motifs is 8. The van der Waals surface area contributed by atoms with Gasteiger partial charge in [0.1, 0.15) is 22.3 Å². The second-order valence-corrected chi connectivity index (χ2v) is 14.9. The lowest BCUT2D eigenvalue weighted by atomic mass is 10.0. The van der Waals surface area contributed by atoms with Crippen molar-refractivity contribution in [1.82, 2.24) is 19.9 Å². The summed E-state index contributed by atoms with van der Waals surface area (Å²) in [4.78, 5) is 45.0. The number of esters is 2. The van der Waals surface area contributed by atoms with E-state index in [4.69, 9.17) is 19.4 Å². The van der Waals surface area contributed by atoms with Crippen LogP contribution in [0.4, 0.5) is 0 Å². The van der Waals surface area contributed by atoms with E-state index in [2.05, 4.69) is 22.1 Å². The Morgan fingerprint density at radius 3 is 1.31 bits per heavy atom. The quantitative estimate of drug-likeness (QED) is 0.171. The van der Waals surface area contributed by atoms with Gasteiger partial charge < -0.3 is 19.4 Å². The number of carbonyl (C=O) groups is 2. The van der Waals surface area contributed by atoms with Crippen LogP contribution >= 0.6 is 0 Å². The molecule has 0 saturated heterocycles. The Balaban J connectivity index is 1.61. The molecular weight excluding hydrogens is 677 g/mol. The van der Waals surface area contributed by atoms with E-state index < -0.39 is 23.1 Å². The van der Waals surface area contributed by atoms with Crippen LogP contribution in [0.1, 0.15) is 75.4 Å². The molecule has 0 saturated carbocycles. The van der Waals surface area contributed by atoms with Crippen LogP contribution in [-0.2, 0) is 19.1 Å². The maximum Gasteiger partial charge on any atom is 0.341 e. The van der Waals surface area contributed by atoms with Crippen molar-refractivity contribution < 1.29 is 19.1 Å². The van der Waals surface area contributed by atoms with Gasteiger partial charge in [-0.15, -0.1) is 0 Å². The second-order valence-electron chi connectivity index (χ2n) is 14.9. The average molecular weight is 713 g/mol. The van der Waals surface area contributed by atoms with Crippen LogP contribution in [0, 0.1) is 22.7 Å². The standard InChI is InChI=1S/C44H36N6O4/c1-43(2,3)53-41(51)39-35-21-29-15-17-31(47-29)37(27-11-7-25(23-45)8-12-27)33-19-20-34(49-33)38(28-13-9-26(24-46)10-14-28)32-18-16-30(48-32)22-36(50-35)40(39)42(52)54-44(4,5)6/h7-22,47-48H,1-6H3. The van der Waals surface area contributed by atoms with E-state index in [0.717, 1.165) is 22.3 Å². The molecule has 2 aliphatic rings. The minimum Gasteiger partial charge on any atom is -0.456 e. The smallest absolute Gasteiger partial charge is 0.341 e. The van der Waals surface area contributed by atoms with Gasteiger partial charge in [-0.2, -0.15) is 10.5 Å². The first kappa shape index (κ1) is 35.4. The number of aromatic nitrogens is 4. The van der Waals surface area contributed by atoms with Gasteiger partial charge in [0.15, 0.2) is 0 Å². The Labute approximate surface area is 312 Å². The van der Waals surface area contributed by atoms with Crippen LogP contribution in [0.15, 0.2) is 84.9 Å². The largest absolute Gasteiger partial charge is 0.456 e. The minimum atomic E-state index is -0.863. The normalized spacial score (nSPS) is 12.6. The van der Waals surface area contributed by atoms with E-state index in [0.29, 0.717) is 44.6 Å². The van der Waals surface area contributed by atoms with Crippen molar-refractivity contribution in [3.8, 4) is 34.4 Å². The third-order valence-corrected chi connectivity index (χ3v) is 8.51. The SMILES string of the molecule is CC(C)(C)OC(=O)C1=C(C(=O)OC(C)(C)C)c2cc3ccc([nH]3)c(-c3ccc(C#N)cc3)c3nc(c(-c4ccc(C#N)cc4)c4ccc(cc1n2)[nH]4)C=C3. The van der Waals surface area contributed by atoms with Crippen molar-refractivity contribution in [1.29, 1.82) is 10.5 Å². The highest BCUT2D eigenvalue weighted by Crippen LogP contribution is 2.37. The second kappa shape index (κ2) is 13.5. The van der Waals surface area contributed by atoms with Crippen LogP contribution in [0.3, 0.4) is 0 Å². The summed E-state index contributed by atoms with van der Waals surface area (Å²) in [5.41, 5.74) is 6.92. The molecule has 7 rings (SSSR count). The van der Waals surface area contributed by atoms with Crippen LogP contribution in [0.25, 0.3) is 67.6 Å². The molecule has 0 amide bonds. The molecule has 266 valence electrons. The van der Waals surface area contributed by atoms with Gasteiger partial charge in [-0.3, -0.25) is 0 Å². The van der Waals surface area contributed by atoms with Gasteiger partial charge in [-0.1, -0.05) is 24.3 Å². The molecule has 54 heavy (non-hydrogen) atoms. The summed E-state index contributed by atoms with van der Waals surface area (Å²) < 4.78 is 11.7. The zero-order chi connectivity index (χ0) is 38.4. The number of rotatable bonds is 4. The minimum absolute atomic E-state index is 0.0132. The zero-order valence-electron chi connectivity index (χ0n) is 30.7. The van der Waals surface area contributed by atoms with Gasteiger partial charge in [-0.25, -0.2) is 19.6 Å². The number of hydrogen-bond acceptors (Lipinski definition) is 8. The molecule has 0 aliphatic carbocycles. The lowest BCUT2D eigenvalue weighted by Crippen LogP contribution is -2.27. The fourth-order valence-corrected chi connectivity index (χ4v) is 6.30. The van der Waals surface area contributed by atoms with Crippen molar-refractivity contribution in [2.45, 2.75) is 52.7 Å². The molecule has 0 radical (unpaired) electrons. The molecule has 0 unspecified atom stereocenters. The Hall–Kier alpha value is -7.04. The molecule has 8 bridgehead atoms. The average Bonchev–Trinajstić information content (AvgIpc) is 3.93. The molecule has 2 aliphatic heterocycles. The number of benzene rings is 2. The molecular formula is C44H36N6O4. The van der Waals surface area contributed by atoms with Crippen LogP contribution in [-0.4, -0.2) is 43.1 Å². The number of H-pyrrole nitrogens is 2. The third-order valence-electron chi connectivity index (χ3n) is 8.51. The van der Waals surface area contributed by atoms with Gasteiger partial charge >= 0.3 is 11.9 Å². The summed E-state index contributed by atoms with van der Waals surface area (Å²) >= 11 is 0. The van der Waals surface area contributed by atoms with E-state index in [-0.39, 0.29) is 22.5 Å². The highest BCUT2D eigenvalue weighted by atomic mass is 16.6. The van der Waals surface area contributed by atoms with Crippen molar-refractivity contribution in [2.75, 3.05) is 0 Å². The summed E-state index contributed by atoms with van der Waals surface area (Å²) in [7, 11) is 0. The predicted octanol–water partition coefficient (Wildman–Crippen LogP) is 9.16. The lowest BCUT2D eigenvalue weighted by molar-refractivity contribution is -0.149. The number of ether oxygens (including phenoxy) is 2. The van der Waals surface area contributed by atoms with Crippen LogP contribution < -0.4 is 0 Å². The first-order valence-electron chi connectivity index (χ1n) is 17.3. The number of nitrogens with one attached hydrogen (secondary N) is 2. The topological polar surface area (TPSA) is 158 Å². The zero-order valence-corrected chi connectivity index (χ0v) is 30.7. The Morgan fingerprint density at radius 2 is 0.963 bits per heavy atom. The number of nitrogens with zero attached hydrogens (tertiary/aromatic N) is 4. The molecule has 10 nitrogen and oxygen atoms in total. The number of carbonyl (C=O) groups excluding carboxylic acids is 2. The van der Waals surface area contributed by atoms with E-state index in [1.807, 2.05) is 60.7 Å². The third kappa shape index (κ3) is 7.19. The molecule has 5 heterocycles. The fraction of sp³-hybridized carbons (Fsp3) is 0.182. The highest BCUT2D eigenvalue weighted by Gasteiger charge is 2.35. The number of nitriles is 2. The van der Waals surface area contributed by atoms with Gasteiger partial charge in [0.25, 0.3) is 0 Å². The summed E-state index contributed by atoms with van der Waals surface area (Å²) in [5, 5.41) is 19.0. The Kier molecular flexibility index (Phi) is 8.84. The maximum absolute atomic E-state index is 14.0. The van der Waals surface area contributed by atoms with Crippen molar-refractivity contribution in [3.63, 3.8) is 0 Å². The van der Waals surface area contributed by atoms with E-state index in [1.165, 1.54) is 0 Å². The number of hydrogen-bond donors (Lipinski definition) is 2. The fourth-order valence-electron chi connectivity index (χ4n) is 6.30. The van der Waals surface area contributed by atoms with Gasteiger partial charge in [-0.05, 0) is 125 Å². The van der Waals surface area contributed by atoms with Gasteiger partial charge in [0.2, 0.25) is 0 Å². The molecule has 0 fully saturated rings. The van der Waals surface area contributed by atoms with Gasteiger partial charge in [0.05, 0.1) is 46.0 Å². The predicted molar refractivity (Wildman–Crippen MR) is 209 cm³/mol.